The number of carbonyl (C=O) groups is 1. The highest BCUT2D eigenvalue weighted by atomic mass is 19.1. The Hall–Kier alpha value is -1.66. The van der Waals surface area contributed by atoms with Crippen molar-refractivity contribution in [2.24, 2.45) is 0 Å². The summed E-state index contributed by atoms with van der Waals surface area (Å²) in [4.78, 5) is 14.4. The van der Waals surface area contributed by atoms with Crippen molar-refractivity contribution in [1.29, 1.82) is 0 Å². The Balaban J connectivity index is 1.97. The van der Waals surface area contributed by atoms with Crippen LogP contribution in [0, 0.1) is 5.82 Å². The third-order valence-electron chi connectivity index (χ3n) is 4.10. The molecule has 1 aliphatic rings. The van der Waals surface area contributed by atoms with Gasteiger partial charge in [0.15, 0.2) is 5.60 Å². The smallest absolute Gasteiger partial charge is 0.266 e. The first-order valence-corrected chi connectivity index (χ1v) is 7.71. The number of ether oxygens (including phenoxy) is 2. The summed E-state index contributed by atoms with van der Waals surface area (Å²) in [6.45, 7) is 4.55. The van der Waals surface area contributed by atoms with E-state index in [1.807, 2.05) is 0 Å². The SMILES string of the molecule is COCC1(O)CCN(C(=O)C(C)(C)Oc2ccc(F)cc2)CC1. The second-order valence-corrected chi connectivity index (χ2v) is 6.52. The monoisotopic (exact) mass is 325 g/mol. The summed E-state index contributed by atoms with van der Waals surface area (Å²) in [5, 5.41) is 10.3. The van der Waals surface area contributed by atoms with Crippen LogP contribution in [0.1, 0.15) is 26.7 Å². The van der Waals surface area contributed by atoms with Crippen LogP contribution in [0.5, 0.6) is 5.75 Å². The van der Waals surface area contributed by atoms with Gasteiger partial charge in [-0.15, -0.1) is 0 Å². The first-order valence-electron chi connectivity index (χ1n) is 7.71. The molecule has 1 N–H and O–H groups in total. The quantitative estimate of drug-likeness (QED) is 0.899. The van der Waals surface area contributed by atoms with Crippen molar-refractivity contribution < 1.29 is 23.8 Å². The van der Waals surface area contributed by atoms with Gasteiger partial charge >= 0.3 is 0 Å². The van der Waals surface area contributed by atoms with Crippen molar-refractivity contribution >= 4 is 5.91 Å². The number of rotatable bonds is 5. The van der Waals surface area contributed by atoms with Crippen molar-refractivity contribution in [3.8, 4) is 5.75 Å². The molecule has 1 saturated heterocycles. The van der Waals surface area contributed by atoms with E-state index in [1.165, 1.54) is 24.3 Å². The van der Waals surface area contributed by atoms with Gasteiger partial charge in [0, 0.05) is 20.2 Å². The Bertz CT molecular complexity index is 536. The number of hydrogen-bond acceptors (Lipinski definition) is 4. The van der Waals surface area contributed by atoms with Gasteiger partial charge in [0.25, 0.3) is 5.91 Å². The molecular weight excluding hydrogens is 301 g/mol. The molecule has 1 aromatic carbocycles. The zero-order chi connectivity index (χ0) is 17.1. The minimum Gasteiger partial charge on any atom is -0.478 e. The number of likely N-dealkylation sites (tertiary alicyclic amines) is 1. The maximum atomic E-state index is 12.9. The standard InChI is InChI=1S/C17H24FNO4/c1-16(2,23-14-6-4-13(18)5-7-14)15(20)19-10-8-17(21,9-11-19)12-22-3/h4-7,21H,8-12H2,1-3H3. The van der Waals surface area contributed by atoms with Crippen LogP contribution in [0.2, 0.25) is 0 Å². The molecule has 128 valence electrons. The van der Waals surface area contributed by atoms with Crippen molar-refractivity contribution in [2.45, 2.75) is 37.9 Å². The normalized spacial score (nSPS) is 17.9. The van der Waals surface area contributed by atoms with E-state index in [0.29, 0.717) is 31.7 Å². The minimum absolute atomic E-state index is 0.152. The van der Waals surface area contributed by atoms with Crippen molar-refractivity contribution in [2.75, 3.05) is 26.8 Å². The van der Waals surface area contributed by atoms with Crippen molar-refractivity contribution in [3.63, 3.8) is 0 Å². The van der Waals surface area contributed by atoms with E-state index < -0.39 is 11.2 Å². The molecule has 0 aromatic heterocycles. The molecule has 5 nitrogen and oxygen atoms in total. The van der Waals surface area contributed by atoms with E-state index in [9.17, 15) is 14.3 Å². The Morgan fingerprint density at radius 3 is 2.39 bits per heavy atom. The molecule has 1 fully saturated rings. The molecule has 1 aliphatic heterocycles. The molecule has 0 atom stereocenters. The Morgan fingerprint density at radius 1 is 1.30 bits per heavy atom. The molecule has 0 radical (unpaired) electrons. The van der Waals surface area contributed by atoms with Gasteiger partial charge < -0.3 is 19.5 Å². The fraction of sp³-hybridized carbons (Fsp3) is 0.588. The molecule has 2 rings (SSSR count). The van der Waals surface area contributed by atoms with Gasteiger partial charge in [0.1, 0.15) is 11.6 Å². The first-order chi connectivity index (χ1) is 10.8. The summed E-state index contributed by atoms with van der Waals surface area (Å²) < 4.78 is 23.7. The molecule has 0 saturated carbocycles. The summed E-state index contributed by atoms with van der Waals surface area (Å²) >= 11 is 0. The number of piperidine rings is 1. The number of carbonyl (C=O) groups excluding carboxylic acids is 1. The van der Waals surface area contributed by atoms with Crippen LogP contribution in [-0.2, 0) is 9.53 Å². The number of benzene rings is 1. The molecule has 0 unspecified atom stereocenters. The van der Waals surface area contributed by atoms with Gasteiger partial charge in [-0.2, -0.15) is 0 Å². The van der Waals surface area contributed by atoms with E-state index in [0.717, 1.165) is 0 Å². The third-order valence-corrected chi connectivity index (χ3v) is 4.10. The number of halogens is 1. The molecule has 6 heteroatoms. The molecule has 1 aromatic rings. The van der Waals surface area contributed by atoms with Gasteiger partial charge in [-0.3, -0.25) is 4.79 Å². The number of nitrogens with zero attached hydrogens (tertiary/aromatic N) is 1. The van der Waals surface area contributed by atoms with Crippen molar-refractivity contribution in [1.82, 2.24) is 4.90 Å². The highest BCUT2D eigenvalue weighted by molar-refractivity contribution is 5.85. The predicted molar refractivity (Wildman–Crippen MR) is 83.7 cm³/mol. The lowest BCUT2D eigenvalue weighted by molar-refractivity contribution is -0.151. The lowest BCUT2D eigenvalue weighted by Crippen LogP contribution is -2.55. The Morgan fingerprint density at radius 2 is 1.87 bits per heavy atom. The zero-order valence-corrected chi connectivity index (χ0v) is 13.8. The lowest BCUT2D eigenvalue weighted by Gasteiger charge is -2.40. The highest BCUT2D eigenvalue weighted by Gasteiger charge is 2.39. The van der Waals surface area contributed by atoms with E-state index in [4.69, 9.17) is 9.47 Å². The van der Waals surface area contributed by atoms with Crippen LogP contribution < -0.4 is 4.74 Å². The Kier molecular flexibility index (Phi) is 5.26. The van der Waals surface area contributed by atoms with Crippen LogP contribution >= 0.6 is 0 Å². The maximum absolute atomic E-state index is 12.9. The summed E-state index contributed by atoms with van der Waals surface area (Å²) in [6.07, 6.45) is 0.943. The molecule has 0 spiro atoms. The largest absolute Gasteiger partial charge is 0.478 e. The van der Waals surface area contributed by atoms with Crippen molar-refractivity contribution in [3.05, 3.63) is 30.1 Å². The minimum atomic E-state index is -1.06. The first kappa shape index (κ1) is 17.7. The molecule has 1 heterocycles. The highest BCUT2D eigenvalue weighted by Crippen LogP contribution is 2.26. The molecular formula is C17H24FNO4. The van der Waals surface area contributed by atoms with E-state index >= 15 is 0 Å². The summed E-state index contributed by atoms with van der Waals surface area (Å²) in [5.41, 5.74) is -1.93. The fourth-order valence-corrected chi connectivity index (χ4v) is 2.76. The predicted octanol–water partition coefficient (Wildman–Crippen LogP) is 1.98. The van der Waals surface area contributed by atoms with E-state index in [2.05, 4.69) is 0 Å². The maximum Gasteiger partial charge on any atom is 0.266 e. The second-order valence-electron chi connectivity index (χ2n) is 6.52. The molecule has 23 heavy (non-hydrogen) atoms. The topological polar surface area (TPSA) is 59.0 Å². The lowest BCUT2D eigenvalue weighted by atomic mass is 9.91. The average molecular weight is 325 g/mol. The third kappa shape index (κ3) is 4.42. The number of aliphatic hydroxyl groups is 1. The van der Waals surface area contributed by atoms with Crippen LogP contribution in [-0.4, -0.2) is 53.9 Å². The zero-order valence-electron chi connectivity index (χ0n) is 13.8. The number of methoxy groups -OCH3 is 1. The number of hydrogen-bond donors (Lipinski definition) is 1. The molecule has 0 aliphatic carbocycles. The van der Waals surface area contributed by atoms with Gasteiger partial charge in [-0.25, -0.2) is 4.39 Å². The van der Waals surface area contributed by atoms with Crippen LogP contribution in [0.4, 0.5) is 4.39 Å². The molecule has 0 bridgehead atoms. The van der Waals surface area contributed by atoms with Gasteiger partial charge in [0.05, 0.1) is 12.2 Å². The van der Waals surface area contributed by atoms with Crippen LogP contribution in [0.25, 0.3) is 0 Å². The van der Waals surface area contributed by atoms with Gasteiger partial charge in [-0.05, 0) is 51.0 Å². The summed E-state index contributed by atoms with van der Waals surface area (Å²) in [5.74, 6) is -0.0612. The van der Waals surface area contributed by atoms with Crippen LogP contribution in [0.15, 0.2) is 24.3 Å². The van der Waals surface area contributed by atoms with Crippen LogP contribution in [0.3, 0.4) is 0 Å². The summed E-state index contributed by atoms with van der Waals surface area (Å²) in [7, 11) is 1.55. The fourth-order valence-electron chi connectivity index (χ4n) is 2.76. The average Bonchev–Trinajstić information content (AvgIpc) is 2.49. The van der Waals surface area contributed by atoms with E-state index in [-0.39, 0.29) is 18.3 Å². The Labute approximate surface area is 136 Å². The number of amides is 1. The van der Waals surface area contributed by atoms with E-state index in [1.54, 1.807) is 25.9 Å². The summed E-state index contributed by atoms with van der Waals surface area (Å²) in [6, 6.07) is 5.58. The molecule has 1 amide bonds. The second kappa shape index (κ2) is 6.84. The van der Waals surface area contributed by atoms with Gasteiger partial charge in [-0.1, -0.05) is 0 Å². The van der Waals surface area contributed by atoms with Gasteiger partial charge in [0.2, 0.25) is 0 Å².